The van der Waals surface area contributed by atoms with E-state index in [1.54, 1.807) is 12.1 Å². The largest absolute Gasteiger partial charge is 0.365 e. The molecular formula is C9H9FO. The number of hydrogen-bond donors (Lipinski definition) is 0. The second kappa shape index (κ2) is 2.31. The van der Waals surface area contributed by atoms with Gasteiger partial charge in [-0.1, -0.05) is 18.2 Å². The molecule has 0 N–H and O–H groups in total. The highest BCUT2D eigenvalue weighted by molar-refractivity contribution is 5.23. The normalized spacial score (nSPS) is 28.5. The molecule has 11 heavy (non-hydrogen) atoms. The topological polar surface area (TPSA) is 12.5 Å². The standard InChI is InChI=1S/C9H9FO/c1-6-9(11-6)7-4-2-3-5-8(7)10/h2-6,9H,1H3. The first-order valence-electron chi connectivity index (χ1n) is 3.69. The van der Waals surface area contributed by atoms with Gasteiger partial charge in [-0.2, -0.15) is 0 Å². The van der Waals surface area contributed by atoms with E-state index in [4.69, 9.17) is 4.74 Å². The third kappa shape index (κ3) is 1.14. The second-order valence-electron chi connectivity index (χ2n) is 2.78. The summed E-state index contributed by atoms with van der Waals surface area (Å²) in [5.41, 5.74) is 0.681. The van der Waals surface area contributed by atoms with Crippen molar-refractivity contribution in [3.63, 3.8) is 0 Å². The van der Waals surface area contributed by atoms with Crippen molar-refractivity contribution in [2.24, 2.45) is 0 Å². The van der Waals surface area contributed by atoms with Gasteiger partial charge < -0.3 is 4.74 Å². The predicted octanol–water partition coefficient (Wildman–Crippen LogP) is 2.29. The Labute approximate surface area is 64.8 Å². The Morgan fingerprint density at radius 3 is 2.55 bits per heavy atom. The van der Waals surface area contributed by atoms with Crippen LogP contribution in [-0.4, -0.2) is 6.10 Å². The zero-order valence-electron chi connectivity index (χ0n) is 6.25. The van der Waals surface area contributed by atoms with E-state index in [1.165, 1.54) is 6.07 Å². The molecule has 0 amide bonds. The van der Waals surface area contributed by atoms with Gasteiger partial charge in [0.05, 0.1) is 6.10 Å². The molecule has 0 saturated carbocycles. The van der Waals surface area contributed by atoms with Crippen molar-refractivity contribution in [1.82, 2.24) is 0 Å². The monoisotopic (exact) mass is 152 g/mol. The molecule has 1 aromatic carbocycles. The Bertz CT molecular complexity index is 272. The predicted molar refractivity (Wildman–Crippen MR) is 39.7 cm³/mol. The molecular weight excluding hydrogens is 143 g/mol. The minimum absolute atomic E-state index is 0.00352. The lowest BCUT2D eigenvalue weighted by Gasteiger charge is -1.95. The third-order valence-corrected chi connectivity index (χ3v) is 1.92. The van der Waals surface area contributed by atoms with E-state index in [-0.39, 0.29) is 18.0 Å². The molecule has 1 nitrogen and oxygen atoms in total. The number of benzene rings is 1. The first-order chi connectivity index (χ1) is 5.29. The Morgan fingerprint density at radius 2 is 2.00 bits per heavy atom. The molecule has 2 atom stereocenters. The fourth-order valence-corrected chi connectivity index (χ4v) is 1.22. The summed E-state index contributed by atoms with van der Waals surface area (Å²) in [6, 6.07) is 6.74. The van der Waals surface area contributed by atoms with E-state index in [1.807, 2.05) is 13.0 Å². The second-order valence-corrected chi connectivity index (χ2v) is 2.78. The molecule has 2 rings (SSSR count). The highest BCUT2D eigenvalue weighted by Gasteiger charge is 2.37. The van der Waals surface area contributed by atoms with Crippen molar-refractivity contribution in [3.8, 4) is 0 Å². The van der Waals surface area contributed by atoms with Crippen LogP contribution in [-0.2, 0) is 4.74 Å². The maximum absolute atomic E-state index is 13.0. The van der Waals surface area contributed by atoms with Crippen molar-refractivity contribution in [3.05, 3.63) is 35.6 Å². The Morgan fingerprint density at radius 1 is 1.36 bits per heavy atom. The molecule has 0 aliphatic carbocycles. The number of epoxide rings is 1. The smallest absolute Gasteiger partial charge is 0.129 e. The average molecular weight is 152 g/mol. The first kappa shape index (κ1) is 6.80. The van der Waals surface area contributed by atoms with E-state index in [9.17, 15) is 4.39 Å². The quantitative estimate of drug-likeness (QED) is 0.562. The van der Waals surface area contributed by atoms with Crippen LogP contribution in [0.1, 0.15) is 18.6 Å². The van der Waals surface area contributed by atoms with Gasteiger partial charge in [0.25, 0.3) is 0 Å². The molecule has 2 unspecified atom stereocenters. The van der Waals surface area contributed by atoms with Crippen LogP contribution in [0.25, 0.3) is 0 Å². The van der Waals surface area contributed by atoms with Crippen LogP contribution in [0.3, 0.4) is 0 Å². The SMILES string of the molecule is CC1OC1c1ccccc1F. The zero-order chi connectivity index (χ0) is 7.84. The fourth-order valence-electron chi connectivity index (χ4n) is 1.22. The summed E-state index contributed by atoms with van der Waals surface area (Å²) in [6.07, 6.45) is 0.183. The molecule has 0 radical (unpaired) electrons. The van der Waals surface area contributed by atoms with Crippen molar-refractivity contribution in [2.45, 2.75) is 19.1 Å². The van der Waals surface area contributed by atoms with Gasteiger partial charge in [-0.05, 0) is 13.0 Å². The van der Waals surface area contributed by atoms with Crippen molar-refractivity contribution in [2.75, 3.05) is 0 Å². The molecule has 0 bridgehead atoms. The summed E-state index contributed by atoms with van der Waals surface area (Å²) in [5.74, 6) is -0.165. The van der Waals surface area contributed by atoms with Crippen LogP contribution in [0, 0.1) is 5.82 Å². The summed E-state index contributed by atoms with van der Waals surface area (Å²) < 4.78 is 18.1. The van der Waals surface area contributed by atoms with Gasteiger partial charge in [-0.3, -0.25) is 0 Å². The summed E-state index contributed by atoms with van der Waals surface area (Å²) in [6.45, 7) is 1.94. The van der Waals surface area contributed by atoms with E-state index in [0.717, 1.165) is 0 Å². The van der Waals surface area contributed by atoms with Crippen molar-refractivity contribution >= 4 is 0 Å². The van der Waals surface area contributed by atoms with Crippen molar-refractivity contribution < 1.29 is 9.13 Å². The summed E-state index contributed by atoms with van der Waals surface area (Å²) in [7, 11) is 0. The summed E-state index contributed by atoms with van der Waals surface area (Å²) in [4.78, 5) is 0. The van der Waals surface area contributed by atoms with Gasteiger partial charge in [0.15, 0.2) is 0 Å². The first-order valence-corrected chi connectivity index (χ1v) is 3.69. The Kier molecular flexibility index (Phi) is 1.43. The summed E-state index contributed by atoms with van der Waals surface area (Å²) >= 11 is 0. The minimum atomic E-state index is -0.165. The van der Waals surface area contributed by atoms with Gasteiger partial charge >= 0.3 is 0 Å². The molecule has 2 heteroatoms. The number of hydrogen-bond acceptors (Lipinski definition) is 1. The van der Waals surface area contributed by atoms with Gasteiger partial charge in [0, 0.05) is 5.56 Å². The van der Waals surface area contributed by atoms with Gasteiger partial charge in [0.2, 0.25) is 0 Å². The summed E-state index contributed by atoms with van der Waals surface area (Å²) in [5, 5.41) is 0. The van der Waals surface area contributed by atoms with Gasteiger partial charge in [0.1, 0.15) is 11.9 Å². The van der Waals surface area contributed by atoms with Crippen LogP contribution in [0.2, 0.25) is 0 Å². The lowest BCUT2D eigenvalue weighted by atomic mass is 10.1. The fraction of sp³-hybridized carbons (Fsp3) is 0.333. The maximum atomic E-state index is 13.0. The maximum Gasteiger partial charge on any atom is 0.129 e. The zero-order valence-corrected chi connectivity index (χ0v) is 6.25. The van der Waals surface area contributed by atoms with Crippen LogP contribution >= 0.6 is 0 Å². The molecule has 1 aliphatic rings. The Balaban J connectivity index is 2.31. The highest BCUT2D eigenvalue weighted by atomic mass is 19.1. The molecule has 1 aromatic rings. The molecule has 58 valence electrons. The third-order valence-electron chi connectivity index (χ3n) is 1.92. The van der Waals surface area contributed by atoms with Gasteiger partial charge in [-0.25, -0.2) is 4.39 Å². The lowest BCUT2D eigenvalue weighted by molar-refractivity contribution is 0.378. The van der Waals surface area contributed by atoms with Crippen LogP contribution in [0.4, 0.5) is 4.39 Å². The van der Waals surface area contributed by atoms with Crippen LogP contribution in [0.5, 0.6) is 0 Å². The lowest BCUT2D eigenvalue weighted by Crippen LogP contribution is -1.87. The van der Waals surface area contributed by atoms with E-state index in [0.29, 0.717) is 5.56 Å². The van der Waals surface area contributed by atoms with E-state index >= 15 is 0 Å². The van der Waals surface area contributed by atoms with E-state index in [2.05, 4.69) is 0 Å². The molecule has 1 aliphatic heterocycles. The van der Waals surface area contributed by atoms with E-state index < -0.39 is 0 Å². The highest BCUT2D eigenvalue weighted by Crippen LogP contribution is 2.38. The average Bonchev–Trinajstić information content (AvgIpc) is 2.68. The van der Waals surface area contributed by atoms with Crippen LogP contribution < -0.4 is 0 Å². The molecule has 1 saturated heterocycles. The Hall–Kier alpha value is -0.890. The number of halogens is 1. The van der Waals surface area contributed by atoms with Crippen LogP contribution in [0.15, 0.2) is 24.3 Å². The van der Waals surface area contributed by atoms with Crippen molar-refractivity contribution in [1.29, 1.82) is 0 Å². The molecule has 1 fully saturated rings. The molecule has 0 aromatic heterocycles. The molecule has 0 spiro atoms. The van der Waals surface area contributed by atoms with Gasteiger partial charge in [-0.15, -0.1) is 0 Å². The molecule has 1 heterocycles. The minimum Gasteiger partial charge on any atom is -0.365 e. The number of rotatable bonds is 1. The number of ether oxygens (including phenoxy) is 1.